The lowest BCUT2D eigenvalue weighted by Gasteiger charge is -2.34. The van der Waals surface area contributed by atoms with E-state index in [2.05, 4.69) is 22.0 Å². The van der Waals surface area contributed by atoms with E-state index in [1.165, 1.54) is 5.56 Å². The number of furan rings is 1. The van der Waals surface area contributed by atoms with Crippen molar-refractivity contribution in [2.24, 2.45) is 0 Å². The van der Waals surface area contributed by atoms with E-state index in [1.807, 2.05) is 36.1 Å². The van der Waals surface area contributed by atoms with Gasteiger partial charge in [-0.2, -0.15) is 4.98 Å². The lowest BCUT2D eigenvalue weighted by molar-refractivity contribution is 0.0634. The monoisotopic (exact) mass is 394 g/mol. The maximum absolute atomic E-state index is 12.5. The fraction of sp³-hybridized carbons (Fsp3) is 0.409. The lowest BCUT2D eigenvalue weighted by atomic mass is 10.1. The first-order valence-electron chi connectivity index (χ1n) is 10.1. The van der Waals surface area contributed by atoms with Crippen molar-refractivity contribution in [3.63, 3.8) is 0 Å². The zero-order valence-electron chi connectivity index (χ0n) is 16.9. The summed E-state index contributed by atoms with van der Waals surface area (Å²) in [5.74, 6) is 2.05. The van der Waals surface area contributed by atoms with Gasteiger partial charge in [-0.1, -0.05) is 35.0 Å². The zero-order chi connectivity index (χ0) is 20.2. The minimum atomic E-state index is 0.0606. The molecule has 1 saturated heterocycles. The highest BCUT2D eigenvalue weighted by atomic mass is 16.5. The third-order valence-electron chi connectivity index (χ3n) is 5.39. The third-order valence-corrected chi connectivity index (χ3v) is 5.39. The van der Waals surface area contributed by atoms with E-state index in [9.17, 15) is 4.79 Å². The average Bonchev–Trinajstić information content (AvgIpc) is 3.38. The van der Waals surface area contributed by atoms with Gasteiger partial charge >= 0.3 is 0 Å². The number of piperazine rings is 1. The molecule has 0 aliphatic carbocycles. The second kappa shape index (κ2) is 8.61. The van der Waals surface area contributed by atoms with Crippen LogP contribution in [0.25, 0.3) is 11.4 Å². The molecule has 3 heterocycles. The average molecular weight is 394 g/mol. The van der Waals surface area contributed by atoms with Crippen molar-refractivity contribution in [2.45, 2.75) is 26.7 Å². The maximum Gasteiger partial charge on any atom is 0.257 e. The first-order valence-corrected chi connectivity index (χ1v) is 10.1. The molecule has 152 valence electrons. The van der Waals surface area contributed by atoms with Crippen LogP contribution in [-0.2, 0) is 6.42 Å². The molecule has 1 aromatic carbocycles. The normalized spacial score (nSPS) is 15.0. The molecule has 7 heteroatoms. The van der Waals surface area contributed by atoms with Crippen LogP contribution >= 0.6 is 0 Å². The predicted octanol–water partition coefficient (Wildman–Crippen LogP) is 3.34. The van der Waals surface area contributed by atoms with Crippen molar-refractivity contribution in [1.82, 2.24) is 19.9 Å². The molecule has 1 amide bonds. The van der Waals surface area contributed by atoms with Crippen molar-refractivity contribution in [3.05, 3.63) is 59.4 Å². The Morgan fingerprint density at radius 1 is 1.07 bits per heavy atom. The smallest absolute Gasteiger partial charge is 0.257 e. The van der Waals surface area contributed by atoms with Crippen LogP contribution in [0.2, 0.25) is 0 Å². The molecule has 2 aromatic heterocycles. The molecule has 0 saturated carbocycles. The minimum absolute atomic E-state index is 0.0606. The molecular weight excluding hydrogens is 368 g/mol. The molecule has 29 heavy (non-hydrogen) atoms. The Labute approximate surface area is 170 Å². The molecule has 0 atom stereocenters. The van der Waals surface area contributed by atoms with Crippen molar-refractivity contribution >= 4 is 5.91 Å². The number of amides is 1. The Kier molecular flexibility index (Phi) is 5.76. The summed E-state index contributed by atoms with van der Waals surface area (Å²) in [5, 5.41) is 4.09. The first-order chi connectivity index (χ1) is 14.1. The first kappa shape index (κ1) is 19.4. The van der Waals surface area contributed by atoms with Crippen LogP contribution in [0.4, 0.5) is 0 Å². The molecule has 0 unspecified atom stereocenters. The third kappa shape index (κ3) is 4.56. The molecule has 3 aromatic rings. The summed E-state index contributed by atoms with van der Waals surface area (Å²) in [4.78, 5) is 21.3. The van der Waals surface area contributed by atoms with Crippen molar-refractivity contribution in [3.8, 4) is 11.4 Å². The van der Waals surface area contributed by atoms with Gasteiger partial charge in [0.15, 0.2) is 0 Å². The Morgan fingerprint density at radius 2 is 1.83 bits per heavy atom. The minimum Gasteiger partial charge on any atom is -0.469 e. The van der Waals surface area contributed by atoms with Gasteiger partial charge in [0.25, 0.3) is 5.91 Å². The topological polar surface area (TPSA) is 75.6 Å². The van der Waals surface area contributed by atoms with E-state index in [-0.39, 0.29) is 5.91 Å². The Hall–Kier alpha value is -2.93. The van der Waals surface area contributed by atoms with Crippen LogP contribution < -0.4 is 0 Å². The van der Waals surface area contributed by atoms with E-state index >= 15 is 0 Å². The molecule has 1 aliphatic heterocycles. The summed E-state index contributed by atoms with van der Waals surface area (Å²) in [6.07, 6.45) is 3.27. The quantitative estimate of drug-likeness (QED) is 0.638. The van der Waals surface area contributed by atoms with Gasteiger partial charge in [0, 0.05) is 38.2 Å². The lowest BCUT2D eigenvalue weighted by Crippen LogP contribution is -2.48. The van der Waals surface area contributed by atoms with Gasteiger partial charge in [-0.3, -0.25) is 9.69 Å². The van der Waals surface area contributed by atoms with Crippen LogP contribution in [0.5, 0.6) is 0 Å². The number of aromatic nitrogens is 2. The molecule has 1 fully saturated rings. The summed E-state index contributed by atoms with van der Waals surface area (Å²) in [7, 11) is 0. The van der Waals surface area contributed by atoms with Crippen LogP contribution in [-0.4, -0.2) is 58.6 Å². The van der Waals surface area contributed by atoms with E-state index in [1.54, 1.807) is 12.3 Å². The van der Waals surface area contributed by atoms with E-state index < -0.39 is 0 Å². The second-order valence-corrected chi connectivity index (χ2v) is 7.51. The van der Waals surface area contributed by atoms with Gasteiger partial charge < -0.3 is 13.8 Å². The molecule has 0 N–H and O–H groups in total. The number of nitrogens with zero attached hydrogens (tertiary/aromatic N) is 4. The summed E-state index contributed by atoms with van der Waals surface area (Å²) in [6, 6.07) is 9.86. The van der Waals surface area contributed by atoms with Gasteiger partial charge in [-0.25, -0.2) is 0 Å². The fourth-order valence-corrected chi connectivity index (χ4v) is 3.58. The summed E-state index contributed by atoms with van der Waals surface area (Å²) in [6.45, 7) is 8.06. The molecule has 7 nitrogen and oxygen atoms in total. The Balaban J connectivity index is 1.22. The van der Waals surface area contributed by atoms with E-state index in [4.69, 9.17) is 8.94 Å². The summed E-state index contributed by atoms with van der Waals surface area (Å²) in [5.41, 5.74) is 2.85. The highest BCUT2D eigenvalue weighted by Crippen LogP contribution is 2.17. The van der Waals surface area contributed by atoms with Gasteiger partial charge in [0.1, 0.15) is 5.76 Å². The number of hydrogen-bond acceptors (Lipinski definition) is 6. The number of carbonyl (C=O) groups excluding carboxylic acids is 1. The van der Waals surface area contributed by atoms with E-state index in [0.29, 0.717) is 23.0 Å². The predicted molar refractivity (Wildman–Crippen MR) is 109 cm³/mol. The molecule has 0 radical (unpaired) electrons. The maximum atomic E-state index is 12.5. The summed E-state index contributed by atoms with van der Waals surface area (Å²) < 4.78 is 10.6. The molecule has 0 bridgehead atoms. The van der Waals surface area contributed by atoms with Crippen LogP contribution in [0.1, 0.15) is 34.0 Å². The molecule has 0 spiro atoms. The number of benzene rings is 1. The van der Waals surface area contributed by atoms with Crippen molar-refractivity contribution < 1.29 is 13.7 Å². The van der Waals surface area contributed by atoms with Crippen molar-refractivity contribution in [1.29, 1.82) is 0 Å². The van der Waals surface area contributed by atoms with Gasteiger partial charge in [0.2, 0.25) is 11.7 Å². The second-order valence-electron chi connectivity index (χ2n) is 7.51. The van der Waals surface area contributed by atoms with Crippen LogP contribution in [0.15, 0.2) is 45.5 Å². The van der Waals surface area contributed by atoms with Crippen LogP contribution in [0.3, 0.4) is 0 Å². The zero-order valence-corrected chi connectivity index (χ0v) is 16.9. The van der Waals surface area contributed by atoms with Crippen molar-refractivity contribution in [2.75, 3.05) is 32.7 Å². The van der Waals surface area contributed by atoms with Gasteiger partial charge in [-0.15, -0.1) is 0 Å². The number of rotatable bonds is 6. The highest BCUT2D eigenvalue weighted by molar-refractivity contribution is 5.95. The Morgan fingerprint density at radius 3 is 2.52 bits per heavy atom. The molecular formula is C22H26N4O3. The molecule has 4 rings (SSSR count). The van der Waals surface area contributed by atoms with Gasteiger partial charge in [-0.05, 0) is 32.9 Å². The van der Waals surface area contributed by atoms with Crippen LogP contribution in [0, 0.1) is 13.8 Å². The highest BCUT2D eigenvalue weighted by Gasteiger charge is 2.24. The largest absolute Gasteiger partial charge is 0.469 e. The standard InChI is InChI=1S/C22H26N4O3/c1-16-5-7-18(8-6-16)21-23-20(29-24-21)4-3-10-25-11-13-26(14-12-25)22(27)19-9-15-28-17(19)2/h5-9,15H,3-4,10-14H2,1-2H3. The fourth-order valence-electron chi connectivity index (χ4n) is 3.58. The van der Waals surface area contributed by atoms with Gasteiger partial charge in [0.05, 0.1) is 11.8 Å². The number of hydrogen-bond donors (Lipinski definition) is 0. The van der Waals surface area contributed by atoms with E-state index in [0.717, 1.165) is 51.1 Å². The Bertz CT molecular complexity index is 953. The number of carbonyl (C=O) groups is 1. The number of aryl methyl sites for hydroxylation is 3. The molecule has 1 aliphatic rings. The SMILES string of the molecule is Cc1ccc(-c2noc(CCCN3CCN(C(=O)c4ccoc4C)CC3)n2)cc1. The summed E-state index contributed by atoms with van der Waals surface area (Å²) >= 11 is 0.